The van der Waals surface area contributed by atoms with Gasteiger partial charge in [0.1, 0.15) is 11.6 Å². The Morgan fingerprint density at radius 2 is 2.08 bits per heavy atom. The Bertz CT molecular complexity index is 848. The van der Waals surface area contributed by atoms with Gasteiger partial charge in [0.15, 0.2) is 0 Å². The molecule has 3 aromatic rings. The van der Waals surface area contributed by atoms with E-state index in [1.807, 2.05) is 20.0 Å². The molecule has 0 bridgehead atoms. The van der Waals surface area contributed by atoms with E-state index in [0.717, 1.165) is 54.2 Å². The number of aromatic nitrogens is 3. The smallest absolute Gasteiger partial charge is 0.138 e. The summed E-state index contributed by atoms with van der Waals surface area (Å²) in [5, 5.41) is 11.4. The van der Waals surface area contributed by atoms with E-state index >= 15 is 0 Å². The van der Waals surface area contributed by atoms with Crippen LogP contribution in [0.4, 0.5) is 4.39 Å². The largest absolute Gasteiger partial charge is 0.361 e. The van der Waals surface area contributed by atoms with Gasteiger partial charge in [0, 0.05) is 29.3 Å². The maximum Gasteiger partial charge on any atom is 0.138 e. The lowest BCUT2D eigenvalue weighted by Crippen LogP contribution is -2.23. The summed E-state index contributed by atoms with van der Waals surface area (Å²) in [7, 11) is 0. The van der Waals surface area contributed by atoms with Gasteiger partial charge in [-0.2, -0.15) is 5.10 Å². The van der Waals surface area contributed by atoms with Gasteiger partial charge in [-0.15, -0.1) is 0 Å². The van der Waals surface area contributed by atoms with Crippen molar-refractivity contribution < 1.29 is 8.91 Å². The minimum absolute atomic E-state index is 0.233. The number of benzene rings is 1. The van der Waals surface area contributed by atoms with Gasteiger partial charge in [0.05, 0.1) is 17.6 Å². The standard InChI is InChI=1S/C19H21FN4O/c1-12-18(13(2)25-23-12)17-4-3-9-24(17)11-15-10-21-22-19(15)14-5-7-16(20)8-6-14/h5-8,10,17H,3-4,9,11H2,1-2H3,(H,21,22)/t17-/m1/s1. The number of aryl methyl sites for hydroxylation is 2. The first kappa shape index (κ1) is 16.0. The zero-order valence-corrected chi connectivity index (χ0v) is 14.4. The fourth-order valence-corrected chi connectivity index (χ4v) is 3.82. The van der Waals surface area contributed by atoms with Crippen molar-refractivity contribution in [2.75, 3.05) is 6.54 Å². The van der Waals surface area contributed by atoms with E-state index in [1.165, 1.54) is 17.7 Å². The molecular formula is C19H21FN4O. The third-order valence-corrected chi connectivity index (χ3v) is 5.01. The first-order chi connectivity index (χ1) is 12.1. The Labute approximate surface area is 145 Å². The number of aromatic amines is 1. The summed E-state index contributed by atoms with van der Waals surface area (Å²) in [6, 6.07) is 6.83. The molecular weight excluding hydrogens is 319 g/mol. The lowest BCUT2D eigenvalue weighted by atomic mass is 10.0. The highest BCUT2D eigenvalue weighted by molar-refractivity contribution is 5.62. The molecule has 0 saturated carbocycles. The number of hydrogen-bond acceptors (Lipinski definition) is 4. The van der Waals surface area contributed by atoms with E-state index in [9.17, 15) is 4.39 Å². The molecule has 3 heterocycles. The highest BCUT2D eigenvalue weighted by Gasteiger charge is 2.31. The Morgan fingerprint density at radius 3 is 2.80 bits per heavy atom. The highest BCUT2D eigenvalue weighted by Crippen LogP contribution is 2.37. The molecule has 1 atom stereocenters. The summed E-state index contributed by atoms with van der Waals surface area (Å²) in [6.07, 6.45) is 4.12. The zero-order valence-electron chi connectivity index (χ0n) is 14.4. The molecule has 1 aliphatic rings. The minimum atomic E-state index is -0.233. The van der Waals surface area contributed by atoms with E-state index in [0.29, 0.717) is 6.04 Å². The molecule has 2 aromatic heterocycles. The van der Waals surface area contributed by atoms with E-state index in [2.05, 4.69) is 20.3 Å². The Morgan fingerprint density at radius 1 is 1.28 bits per heavy atom. The second kappa shape index (κ2) is 6.44. The molecule has 4 rings (SSSR count). The van der Waals surface area contributed by atoms with Crippen LogP contribution in [0.25, 0.3) is 11.3 Å². The molecule has 5 nitrogen and oxygen atoms in total. The molecule has 0 amide bonds. The normalized spacial score (nSPS) is 18.1. The van der Waals surface area contributed by atoms with Crippen molar-refractivity contribution in [3.63, 3.8) is 0 Å². The topological polar surface area (TPSA) is 58.0 Å². The minimum Gasteiger partial charge on any atom is -0.361 e. The zero-order chi connectivity index (χ0) is 17.4. The fourth-order valence-electron chi connectivity index (χ4n) is 3.82. The lowest BCUT2D eigenvalue weighted by molar-refractivity contribution is 0.246. The third kappa shape index (κ3) is 2.98. The first-order valence-corrected chi connectivity index (χ1v) is 8.58. The maximum absolute atomic E-state index is 13.2. The summed E-state index contributed by atoms with van der Waals surface area (Å²) in [4.78, 5) is 2.45. The van der Waals surface area contributed by atoms with E-state index in [-0.39, 0.29) is 5.82 Å². The Balaban J connectivity index is 1.60. The summed E-state index contributed by atoms with van der Waals surface area (Å²) in [5.74, 6) is 0.670. The van der Waals surface area contributed by atoms with Crippen LogP contribution in [-0.2, 0) is 6.54 Å². The fraction of sp³-hybridized carbons (Fsp3) is 0.368. The number of likely N-dealkylation sites (tertiary alicyclic amines) is 1. The highest BCUT2D eigenvalue weighted by atomic mass is 19.1. The molecule has 130 valence electrons. The van der Waals surface area contributed by atoms with Crippen LogP contribution in [0.15, 0.2) is 35.0 Å². The van der Waals surface area contributed by atoms with Gasteiger partial charge in [0.25, 0.3) is 0 Å². The summed E-state index contributed by atoms with van der Waals surface area (Å²) < 4.78 is 18.6. The molecule has 0 spiro atoms. The monoisotopic (exact) mass is 340 g/mol. The van der Waals surface area contributed by atoms with Gasteiger partial charge < -0.3 is 4.52 Å². The molecule has 1 aliphatic heterocycles. The van der Waals surface area contributed by atoms with E-state index in [1.54, 1.807) is 12.1 Å². The van der Waals surface area contributed by atoms with Crippen molar-refractivity contribution in [1.29, 1.82) is 0 Å². The molecule has 0 aliphatic carbocycles. The number of H-pyrrole nitrogens is 1. The number of nitrogens with one attached hydrogen (secondary N) is 1. The number of hydrogen-bond donors (Lipinski definition) is 1. The van der Waals surface area contributed by atoms with Crippen molar-refractivity contribution in [3.8, 4) is 11.3 Å². The molecule has 0 unspecified atom stereocenters. The van der Waals surface area contributed by atoms with Crippen molar-refractivity contribution in [3.05, 3.63) is 58.9 Å². The molecule has 6 heteroatoms. The predicted octanol–water partition coefficient (Wildman–Crippen LogP) is 4.16. The van der Waals surface area contributed by atoms with Crippen LogP contribution in [0.5, 0.6) is 0 Å². The van der Waals surface area contributed by atoms with Crippen LogP contribution in [0.3, 0.4) is 0 Å². The molecule has 1 N–H and O–H groups in total. The average Bonchev–Trinajstić information content (AvgIpc) is 3.31. The van der Waals surface area contributed by atoms with Crippen LogP contribution in [0, 0.1) is 19.7 Å². The molecule has 0 radical (unpaired) electrons. The van der Waals surface area contributed by atoms with Gasteiger partial charge in [-0.25, -0.2) is 4.39 Å². The SMILES string of the molecule is Cc1noc(C)c1[C@H]1CCCN1Cc1cn[nH]c1-c1ccc(F)cc1. The van der Waals surface area contributed by atoms with Crippen LogP contribution in [0.2, 0.25) is 0 Å². The Kier molecular flexibility index (Phi) is 4.13. The summed E-state index contributed by atoms with van der Waals surface area (Å²) in [5.41, 5.74) is 5.20. The van der Waals surface area contributed by atoms with Crippen molar-refractivity contribution in [2.24, 2.45) is 0 Å². The average molecular weight is 340 g/mol. The number of halogens is 1. The van der Waals surface area contributed by atoms with Crippen LogP contribution < -0.4 is 0 Å². The van der Waals surface area contributed by atoms with Crippen LogP contribution in [0.1, 0.15) is 41.5 Å². The lowest BCUT2D eigenvalue weighted by Gasteiger charge is -2.24. The first-order valence-electron chi connectivity index (χ1n) is 8.58. The van der Waals surface area contributed by atoms with Crippen molar-refractivity contribution >= 4 is 0 Å². The molecule has 25 heavy (non-hydrogen) atoms. The summed E-state index contributed by atoms with van der Waals surface area (Å²) >= 11 is 0. The van der Waals surface area contributed by atoms with Gasteiger partial charge in [0.2, 0.25) is 0 Å². The second-order valence-electron chi connectivity index (χ2n) is 6.64. The second-order valence-corrected chi connectivity index (χ2v) is 6.64. The van der Waals surface area contributed by atoms with E-state index in [4.69, 9.17) is 4.52 Å². The quantitative estimate of drug-likeness (QED) is 0.775. The van der Waals surface area contributed by atoms with Crippen molar-refractivity contribution in [1.82, 2.24) is 20.3 Å². The Hall–Kier alpha value is -2.47. The number of rotatable bonds is 4. The molecule has 1 saturated heterocycles. The van der Waals surface area contributed by atoms with Gasteiger partial charge in [-0.3, -0.25) is 10.00 Å². The van der Waals surface area contributed by atoms with E-state index < -0.39 is 0 Å². The third-order valence-electron chi connectivity index (χ3n) is 5.01. The molecule has 1 fully saturated rings. The van der Waals surface area contributed by atoms with Gasteiger partial charge >= 0.3 is 0 Å². The van der Waals surface area contributed by atoms with Crippen molar-refractivity contribution in [2.45, 2.75) is 39.3 Å². The van der Waals surface area contributed by atoms with Gasteiger partial charge in [-0.1, -0.05) is 5.16 Å². The van der Waals surface area contributed by atoms with Crippen LogP contribution in [-0.4, -0.2) is 26.8 Å². The predicted molar refractivity (Wildman–Crippen MR) is 92.3 cm³/mol. The summed E-state index contributed by atoms with van der Waals surface area (Å²) in [6.45, 7) is 5.80. The number of nitrogens with zero attached hydrogens (tertiary/aromatic N) is 3. The maximum atomic E-state index is 13.2. The van der Waals surface area contributed by atoms with Gasteiger partial charge in [-0.05, 0) is 57.5 Å². The van der Waals surface area contributed by atoms with Crippen LogP contribution >= 0.6 is 0 Å². The molecule has 1 aromatic carbocycles.